The first-order valence-corrected chi connectivity index (χ1v) is 9.35. The second-order valence-corrected chi connectivity index (χ2v) is 6.50. The molecule has 28 heavy (non-hydrogen) atoms. The molecule has 2 N–H and O–H groups in total. The number of anilines is 1. The molecule has 2 amide bonds. The van der Waals surface area contributed by atoms with E-state index < -0.39 is 0 Å². The van der Waals surface area contributed by atoms with Crippen LogP contribution in [-0.4, -0.2) is 34.9 Å². The van der Waals surface area contributed by atoms with Gasteiger partial charge in [-0.25, -0.2) is 0 Å². The number of benzene rings is 2. The molecule has 0 radical (unpaired) electrons. The van der Waals surface area contributed by atoms with E-state index in [1.54, 1.807) is 43.5 Å². The maximum Gasteiger partial charge on any atom is 0.277 e. The molecule has 1 heterocycles. The van der Waals surface area contributed by atoms with E-state index >= 15 is 0 Å². The minimum Gasteiger partial charge on any atom is -0.497 e. The molecule has 0 fully saturated rings. The Labute approximate surface area is 165 Å². The highest BCUT2D eigenvalue weighted by Crippen LogP contribution is 2.17. The molecule has 3 rings (SSSR count). The van der Waals surface area contributed by atoms with Crippen LogP contribution in [0.2, 0.25) is 0 Å². The second-order valence-electron chi connectivity index (χ2n) is 5.58. The lowest BCUT2D eigenvalue weighted by molar-refractivity contribution is -0.113. The SMILES string of the molecule is COc1ccc(C(=O)NCc2nnc(SCC(=O)Nc3ccccc3)o2)cc1. The summed E-state index contributed by atoms with van der Waals surface area (Å²) in [6.45, 7) is 0.0919. The second kappa shape index (κ2) is 9.56. The molecule has 0 saturated heterocycles. The number of para-hydroxylation sites is 1. The number of hydrogen-bond donors (Lipinski definition) is 2. The zero-order valence-electron chi connectivity index (χ0n) is 15.0. The number of carbonyl (C=O) groups excluding carboxylic acids is 2. The van der Waals surface area contributed by atoms with Gasteiger partial charge >= 0.3 is 0 Å². The Hall–Kier alpha value is -3.33. The van der Waals surface area contributed by atoms with E-state index in [4.69, 9.17) is 9.15 Å². The van der Waals surface area contributed by atoms with Crippen LogP contribution in [0.25, 0.3) is 0 Å². The normalized spacial score (nSPS) is 10.3. The van der Waals surface area contributed by atoms with Crippen LogP contribution in [0.3, 0.4) is 0 Å². The van der Waals surface area contributed by atoms with Gasteiger partial charge in [-0.2, -0.15) is 0 Å². The predicted molar refractivity (Wildman–Crippen MR) is 104 cm³/mol. The van der Waals surface area contributed by atoms with E-state index in [0.29, 0.717) is 11.3 Å². The van der Waals surface area contributed by atoms with Crippen LogP contribution in [0, 0.1) is 0 Å². The Morgan fingerprint density at radius 2 is 1.82 bits per heavy atom. The molecule has 0 bridgehead atoms. The van der Waals surface area contributed by atoms with Gasteiger partial charge in [0.15, 0.2) is 0 Å². The Balaban J connectivity index is 1.44. The number of nitrogens with zero attached hydrogens (tertiary/aromatic N) is 2. The minimum atomic E-state index is -0.266. The Bertz CT molecular complexity index is 929. The summed E-state index contributed by atoms with van der Waals surface area (Å²) in [4.78, 5) is 24.0. The fourth-order valence-electron chi connectivity index (χ4n) is 2.21. The Morgan fingerprint density at radius 1 is 1.07 bits per heavy atom. The number of methoxy groups -OCH3 is 1. The number of thioether (sulfide) groups is 1. The van der Waals surface area contributed by atoms with E-state index in [1.165, 1.54) is 0 Å². The zero-order valence-corrected chi connectivity index (χ0v) is 15.9. The predicted octanol–water partition coefficient (Wildman–Crippen LogP) is 2.74. The quantitative estimate of drug-likeness (QED) is 0.562. The van der Waals surface area contributed by atoms with Gasteiger partial charge in [-0.1, -0.05) is 30.0 Å². The van der Waals surface area contributed by atoms with Crippen molar-refractivity contribution in [3.05, 3.63) is 66.1 Å². The van der Waals surface area contributed by atoms with Gasteiger partial charge in [-0.3, -0.25) is 9.59 Å². The highest BCUT2D eigenvalue weighted by Gasteiger charge is 2.12. The molecule has 0 saturated carbocycles. The van der Waals surface area contributed by atoms with Gasteiger partial charge in [-0.05, 0) is 36.4 Å². The number of ether oxygens (including phenoxy) is 1. The van der Waals surface area contributed by atoms with E-state index in [-0.39, 0.29) is 35.2 Å². The molecule has 8 nitrogen and oxygen atoms in total. The fourth-order valence-corrected chi connectivity index (χ4v) is 2.79. The van der Waals surface area contributed by atoms with Gasteiger partial charge < -0.3 is 19.8 Å². The smallest absolute Gasteiger partial charge is 0.277 e. The third-order valence-corrected chi connectivity index (χ3v) is 4.40. The van der Waals surface area contributed by atoms with Gasteiger partial charge in [0.2, 0.25) is 11.8 Å². The molecule has 2 aromatic carbocycles. The van der Waals surface area contributed by atoms with E-state index in [0.717, 1.165) is 17.4 Å². The summed E-state index contributed by atoms with van der Waals surface area (Å²) in [5.41, 5.74) is 1.22. The number of amides is 2. The van der Waals surface area contributed by atoms with Crippen LogP contribution in [0.1, 0.15) is 16.2 Å². The Kier molecular flexibility index (Phi) is 6.64. The minimum absolute atomic E-state index is 0.0919. The third kappa shape index (κ3) is 5.58. The third-order valence-electron chi connectivity index (χ3n) is 3.58. The first kappa shape index (κ1) is 19.4. The van der Waals surface area contributed by atoms with Crippen molar-refractivity contribution in [1.82, 2.24) is 15.5 Å². The Morgan fingerprint density at radius 3 is 2.54 bits per heavy atom. The molecular formula is C19H18N4O4S. The summed E-state index contributed by atoms with van der Waals surface area (Å²) in [7, 11) is 1.56. The van der Waals surface area contributed by atoms with Crippen molar-refractivity contribution >= 4 is 29.3 Å². The largest absolute Gasteiger partial charge is 0.497 e. The molecule has 144 valence electrons. The molecule has 0 unspecified atom stereocenters. The maximum atomic E-state index is 12.1. The first-order valence-electron chi connectivity index (χ1n) is 8.36. The van der Waals surface area contributed by atoms with Crippen molar-refractivity contribution in [3.8, 4) is 5.75 Å². The van der Waals surface area contributed by atoms with Gasteiger partial charge in [0, 0.05) is 11.3 Å². The number of nitrogens with one attached hydrogen (secondary N) is 2. The van der Waals surface area contributed by atoms with E-state index in [1.807, 2.05) is 18.2 Å². The molecule has 3 aromatic rings. The molecule has 9 heteroatoms. The summed E-state index contributed by atoms with van der Waals surface area (Å²) < 4.78 is 10.5. The van der Waals surface area contributed by atoms with E-state index in [2.05, 4.69) is 20.8 Å². The van der Waals surface area contributed by atoms with Crippen molar-refractivity contribution in [3.63, 3.8) is 0 Å². The van der Waals surface area contributed by atoms with Crippen molar-refractivity contribution in [2.75, 3.05) is 18.2 Å². The van der Waals surface area contributed by atoms with Gasteiger partial charge in [-0.15, -0.1) is 10.2 Å². The van der Waals surface area contributed by atoms with Crippen molar-refractivity contribution in [1.29, 1.82) is 0 Å². The van der Waals surface area contributed by atoms with Crippen LogP contribution in [-0.2, 0) is 11.3 Å². The maximum absolute atomic E-state index is 12.1. The molecule has 0 aliphatic heterocycles. The zero-order chi connectivity index (χ0) is 19.8. The molecule has 0 spiro atoms. The summed E-state index contributed by atoms with van der Waals surface area (Å²) in [5.74, 6) is 0.620. The van der Waals surface area contributed by atoms with Crippen LogP contribution >= 0.6 is 11.8 Å². The van der Waals surface area contributed by atoms with Gasteiger partial charge in [0.05, 0.1) is 19.4 Å². The lowest BCUT2D eigenvalue weighted by Crippen LogP contribution is -2.22. The van der Waals surface area contributed by atoms with Crippen molar-refractivity contribution in [2.24, 2.45) is 0 Å². The molecule has 0 aliphatic rings. The lowest BCUT2D eigenvalue weighted by atomic mass is 10.2. The van der Waals surface area contributed by atoms with Crippen LogP contribution in [0.4, 0.5) is 5.69 Å². The number of rotatable bonds is 8. The van der Waals surface area contributed by atoms with Crippen LogP contribution < -0.4 is 15.4 Å². The number of hydrogen-bond acceptors (Lipinski definition) is 7. The molecule has 0 atom stereocenters. The van der Waals surface area contributed by atoms with Crippen molar-refractivity contribution in [2.45, 2.75) is 11.8 Å². The topological polar surface area (TPSA) is 106 Å². The van der Waals surface area contributed by atoms with Crippen molar-refractivity contribution < 1.29 is 18.7 Å². The average molecular weight is 398 g/mol. The molecular weight excluding hydrogens is 380 g/mol. The van der Waals surface area contributed by atoms with Gasteiger partial charge in [0.25, 0.3) is 11.1 Å². The summed E-state index contributed by atoms with van der Waals surface area (Å²) in [6, 6.07) is 15.9. The fraction of sp³-hybridized carbons (Fsp3) is 0.158. The van der Waals surface area contributed by atoms with Crippen LogP contribution in [0.5, 0.6) is 5.75 Å². The first-order chi connectivity index (χ1) is 13.6. The average Bonchev–Trinajstić information content (AvgIpc) is 3.19. The summed E-state index contributed by atoms with van der Waals surface area (Å²) in [5, 5.41) is 13.5. The summed E-state index contributed by atoms with van der Waals surface area (Å²) in [6.07, 6.45) is 0. The molecule has 0 aliphatic carbocycles. The van der Waals surface area contributed by atoms with E-state index in [9.17, 15) is 9.59 Å². The number of carbonyl (C=O) groups is 2. The monoisotopic (exact) mass is 398 g/mol. The molecule has 1 aromatic heterocycles. The number of aromatic nitrogens is 2. The summed E-state index contributed by atoms with van der Waals surface area (Å²) >= 11 is 1.12. The lowest BCUT2D eigenvalue weighted by Gasteiger charge is -2.04. The standard InChI is InChI=1S/C19H18N4O4S/c1-26-15-9-7-13(8-10-15)18(25)20-11-17-22-23-19(27-17)28-12-16(24)21-14-5-3-2-4-6-14/h2-10H,11-12H2,1H3,(H,20,25)(H,21,24). The highest BCUT2D eigenvalue weighted by atomic mass is 32.2. The van der Waals surface area contributed by atoms with Gasteiger partial charge in [0.1, 0.15) is 5.75 Å². The van der Waals surface area contributed by atoms with Crippen LogP contribution in [0.15, 0.2) is 64.2 Å². The highest BCUT2D eigenvalue weighted by molar-refractivity contribution is 7.99.